The van der Waals surface area contributed by atoms with Gasteiger partial charge in [-0.2, -0.15) is 17.5 Å². The number of benzene rings is 1. The van der Waals surface area contributed by atoms with Crippen molar-refractivity contribution in [1.82, 2.24) is 4.31 Å². The van der Waals surface area contributed by atoms with Gasteiger partial charge >= 0.3 is 6.18 Å². The van der Waals surface area contributed by atoms with E-state index in [0.29, 0.717) is 23.2 Å². The third-order valence-corrected chi connectivity index (χ3v) is 5.55. The Morgan fingerprint density at radius 2 is 2.00 bits per heavy atom. The van der Waals surface area contributed by atoms with Gasteiger partial charge in [-0.25, -0.2) is 12.8 Å². The molecule has 0 N–H and O–H groups in total. The Morgan fingerprint density at radius 3 is 2.57 bits per heavy atom. The molecule has 0 spiro atoms. The van der Waals surface area contributed by atoms with Crippen LogP contribution < -0.4 is 4.74 Å². The first-order valence-electron chi connectivity index (χ1n) is 7.19. The van der Waals surface area contributed by atoms with E-state index in [1.807, 2.05) is 0 Å². The van der Waals surface area contributed by atoms with Crippen molar-refractivity contribution in [3.63, 3.8) is 0 Å². The van der Waals surface area contributed by atoms with Gasteiger partial charge in [0, 0.05) is 6.54 Å². The predicted molar refractivity (Wildman–Crippen MR) is 75.2 cm³/mol. The van der Waals surface area contributed by atoms with Crippen LogP contribution in [0.5, 0.6) is 5.75 Å². The zero-order valence-electron chi connectivity index (χ0n) is 12.4. The van der Waals surface area contributed by atoms with Gasteiger partial charge in [-0.3, -0.25) is 0 Å². The Labute approximate surface area is 132 Å². The molecule has 1 aliphatic rings. The molecule has 1 fully saturated rings. The number of piperidine rings is 1. The Hall–Kier alpha value is -1.35. The van der Waals surface area contributed by atoms with Crippen molar-refractivity contribution in [2.45, 2.75) is 43.3 Å². The highest BCUT2D eigenvalue weighted by atomic mass is 32.2. The highest BCUT2D eigenvalue weighted by Crippen LogP contribution is 2.36. The van der Waals surface area contributed by atoms with Crippen molar-refractivity contribution < 1.29 is 30.7 Å². The standard InChI is InChI=1S/C14H17F4NO3S/c1-2-22-12-7-6-10(9-11(12)15)23(20,21)19-8-4-3-5-13(19)14(16,17)18/h6-7,9,13H,2-5,8H2,1H3. The van der Waals surface area contributed by atoms with Gasteiger partial charge in [-0.05, 0) is 38.0 Å². The van der Waals surface area contributed by atoms with Gasteiger partial charge in [0.05, 0.1) is 11.5 Å². The zero-order chi connectivity index (χ0) is 17.3. The average molecular weight is 355 g/mol. The second kappa shape index (κ2) is 6.64. The normalized spacial score (nSPS) is 20.5. The van der Waals surface area contributed by atoms with Crippen LogP contribution in [0.1, 0.15) is 26.2 Å². The number of sulfonamides is 1. The van der Waals surface area contributed by atoms with E-state index in [0.717, 1.165) is 12.1 Å². The van der Waals surface area contributed by atoms with Crippen LogP contribution in [-0.2, 0) is 10.0 Å². The van der Waals surface area contributed by atoms with Gasteiger partial charge < -0.3 is 4.74 Å². The van der Waals surface area contributed by atoms with Crippen molar-refractivity contribution >= 4 is 10.0 Å². The maximum absolute atomic E-state index is 13.8. The minimum Gasteiger partial charge on any atom is -0.491 e. The molecule has 1 aromatic rings. The molecule has 1 unspecified atom stereocenters. The number of alkyl halides is 3. The first-order valence-corrected chi connectivity index (χ1v) is 8.63. The van der Waals surface area contributed by atoms with Crippen LogP contribution in [0.25, 0.3) is 0 Å². The molecular weight excluding hydrogens is 338 g/mol. The van der Waals surface area contributed by atoms with Gasteiger partial charge in [0.25, 0.3) is 0 Å². The van der Waals surface area contributed by atoms with E-state index in [-0.39, 0.29) is 25.3 Å². The molecule has 130 valence electrons. The third-order valence-electron chi connectivity index (χ3n) is 3.64. The molecule has 1 aliphatic heterocycles. The Bertz CT molecular complexity index is 660. The van der Waals surface area contributed by atoms with E-state index in [1.54, 1.807) is 6.92 Å². The third kappa shape index (κ3) is 3.77. The fourth-order valence-electron chi connectivity index (χ4n) is 2.57. The second-order valence-corrected chi connectivity index (χ2v) is 7.08. The molecule has 0 amide bonds. The minimum absolute atomic E-state index is 0.141. The summed E-state index contributed by atoms with van der Waals surface area (Å²) in [5.74, 6) is -1.06. The fourth-order valence-corrected chi connectivity index (χ4v) is 4.26. The van der Waals surface area contributed by atoms with E-state index in [2.05, 4.69) is 0 Å². The van der Waals surface area contributed by atoms with Crippen LogP contribution in [0.2, 0.25) is 0 Å². The smallest absolute Gasteiger partial charge is 0.405 e. The fraction of sp³-hybridized carbons (Fsp3) is 0.571. The molecule has 0 radical (unpaired) electrons. The topological polar surface area (TPSA) is 46.6 Å². The summed E-state index contributed by atoms with van der Waals surface area (Å²) in [5, 5.41) is 0. The molecule has 1 atom stereocenters. The van der Waals surface area contributed by atoms with E-state index < -0.39 is 33.0 Å². The summed E-state index contributed by atoms with van der Waals surface area (Å²) in [7, 11) is -4.43. The van der Waals surface area contributed by atoms with Gasteiger partial charge in [-0.15, -0.1) is 0 Å². The second-order valence-electron chi connectivity index (χ2n) is 5.19. The Kier molecular flexibility index (Phi) is 5.20. The monoisotopic (exact) mass is 355 g/mol. The number of hydrogen-bond acceptors (Lipinski definition) is 3. The van der Waals surface area contributed by atoms with Crippen LogP contribution >= 0.6 is 0 Å². The summed E-state index contributed by atoms with van der Waals surface area (Å²) >= 11 is 0. The molecule has 0 saturated carbocycles. The molecule has 0 bridgehead atoms. The summed E-state index contributed by atoms with van der Waals surface area (Å²) in [6.45, 7) is 1.58. The first-order chi connectivity index (χ1) is 10.7. The van der Waals surface area contributed by atoms with E-state index in [1.165, 1.54) is 0 Å². The predicted octanol–water partition coefficient (Wildman–Crippen LogP) is 3.33. The van der Waals surface area contributed by atoms with Gasteiger partial charge in [-0.1, -0.05) is 6.42 Å². The highest BCUT2D eigenvalue weighted by molar-refractivity contribution is 7.89. The molecule has 1 aromatic carbocycles. The molecule has 23 heavy (non-hydrogen) atoms. The van der Waals surface area contributed by atoms with E-state index in [4.69, 9.17) is 4.74 Å². The quantitative estimate of drug-likeness (QED) is 0.779. The van der Waals surface area contributed by atoms with Crippen molar-refractivity contribution in [3.8, 4) is 5.75 Å². The van der Waals surface area contributed by atoms with Crippen LogP contribution in [-0.4, -0.2) is 38.1 Å². The molecule has 1 heterocycles. The first kappa shape index (κ1) is 18.0. The summed E-state index contributed by atoms with van der Waals surface area (Å²) in [6.07, 6.45) is -4.31. The lowest BCUT2D eigenvalue weighted by atomic mass is 10.0. The SMILES string of the molecule is CCOc1ccc(S(=O)(=O)N2CCCCC2C(F)(F)F)cc1F. The molecule has 1 saturated heterocycles. The van der Waals surface area contributed by atoms with Crippen molar-refractivity contribution in [3.05, 3.63) is 24.0 Å². The summed E-state index contributed by atoms with van der Waals surface area (Å²) in [5.41, 5.74) is 0. The van der Waals surface area contributed by atoms with Crippen molar-refractivity contribution in [2.75, 3.05) is 13.2 Å². The lowest BCUT2D eigenvalue weighted by Gasteiger charge is -2.35. The maximum Gasteiger partial charge on any atom is 0.405 e. The highest BCUT2D eigenvalue weighted by Gasteiger charge is 2.49. The molecule has 4 nitrogen and oxygen atoms in total. The van der Waals surface area contributed by atoms with Crippen LogP contribution in [0.4, 0.5) is 17.6 Å². The van der Waals surface area contributed by atoms with Gasteiger partial charge in [0.1, 0.15) is 6.04 Å². The summed E-state index contributed by atoms with van der Waals surface area (Å²) in [6, 6.07) is 0.794. The Morgan fingerprint density at radius 1 is 1.30 bits per heavy atom. The van der Waals surface area contributed by atoms with Crippen molar-refractivity contribution in [2.24, 2.45) is 0 Å². The van der Waals surface area contributed by atoms with Gasteiger partial charge in [0.15, 0.2) is 11.6 Å². The van der Waals surface area contributed by atoms with E-state index in [9.17, 15) is 26.0 Å². The molecular formula is C14H17F4NO3S. The van der Waals surface area contributed by atoms with Crippen LogP contribution in [0, 0.1) is 5.82 Å². The molecule has 0 aliphatic carbocycles. The lowest BCUT2D eigenvalue weighted by Crippen LogP contribution is -2.51. The number of rotatable bonds is 4. The lowest BCUT2D eigenvalue weighted by molar-refractivity contribution is -0.177. The zero-order valence-corrected chi connectivity index (χ0v) is 13.3. The molecule has 9 heteroatoms. The maximum atomic E-state index is 13.8. The number of hydrogen-bond donors (Lipinski definition) is 0. The number of nitrogens with zero attached hydrogens (tertiary/aromatic N) is 1. The number of ether oxygens (including phenoxy) is 1. The van der Waals surface area contributed by atoms with Crippen LogP contribution in [0.3, 0.4) is 0 Å². The van der Waals surface area contributed by atoms with E-state index >= 15 is 0 Å². The van der Waals surface area contributed by atoms with Gasteiger partial charge in [0.2, 0.25) is 10.0 Å². The average Bonchev–Trinajstić information content (AvgIpc) is 2.48. The number of halogens is 4. The molecule has 0 aromatic heterocycles. The Balaban J connectivity index is 2.38. The largest absolute Gasteiger partial charge is 0.491 e. The van der Waals surface area contributed by atoms with Crippen LogP contribution in [0.15, 0.2) is 23.1 Å². The minimum atomic E-state index is -4.66. The summed E-state index contributed by atoms with van der Waals surface area (Å²) in [4.78, 5) is -0.505. The molecule has 2 rings (SSSR count). The summed E-state index contributed by atoms with van der Waals surface area (Å²) < 4.78 is 83.4. The van der Waals surface area contributed by atoms with Crippen molar-refractivity contribution in [1.29, 1.82) is 0 Å².